The Bertz CT molecular complexity index is 4.00. The van der Waals surface area contributed by atoms with Gasteiger partial charge in [0.2, 0.25) is 0 Å². The zero-order chi connectivity index (χ0) is 2.00. The minimum Gasteiger partial charge on any atom is -0.255 e. The van der Waals surface area contributed by atoms with Gasteiger partial charge in [-0.15, -0.1) is 0 Å². The monoisotopic (exact) mass is 124 g/mol. The summed E-state index contributed by atoms with van der Waals surface area (Å²) >= 11 is 0. The van der Waals surface area contributed by atoms with Crippen LogP contribution in [0.25, 0.3) is 0 Å². The Balaban J connectivity index is -0.00000000500. The van der Waals surface area contributed by atoms with Crippen molar-refractivity contribution in [1.82, 2.24) is 0 Å². The summed E-state index contributed by atoms with van der Waals surface area (Å²) in [4.78, 5) is 0. The molecule has 0 heterocycles. The summed E-state index contributed by atoms with van der Waals surface area (Å²) in [5.41, 5.74) is 0. The fourth-order valence-corrected chi connectivity index (χ4v) is 0. The molecule has 4 heavy (non-hydrogen) atoms. The van der Waals surface area contributed by atoms with Crippen LogP contribution in [0.3, 0.4) is 0 Å². The first-order valence-electron chi connectivity index (χ1n) is 0.200. The van der Waals surface area contributed by atoms with Gasteiger partial charge in [-0.1, -0.05) is 0 Å². The third kappa shape index (κ3) is 9.40. The molecule has 0 saturated heterocycles. The van der Waals surface area contributed by atoms with Gasteiger partial charge in [-0.3, -0.25) is 10.5 Å². The minimum absolute atomic E-state index is 0. The topological polar surface area (TPSA) is 40.5 Å². The van der Waals surface area contributed by atoms with Crippen molar-refractivity contribution in [1.29, 1.82) is 0 Å². The van der Waals surface area contributed by atoms with Crippen LogP contribution in [0.4, 0.5) is 0 Å². The first kappa shape index (κ1) is 17.4. The summed E-state index contributed by atoms with van der Waals surface area (Å²) in [5.74, 6) is 0. The average Bonchev–Trinajstić information content (AvgIpc) is 1.00. The maximum Gasteiger partial charge on any atom is 0 e. The molecule has 0 rings (SSSR count). The van der Waals surface area contributed by atoms with Crippen molar-refractivity contribution in [3.05, 3.63) is 0 Å². The van der Waals surface area contributed by atoms with Crippen LogP contribution in [-0.2, 0) is 51.7 Å². The van der Waals surface area contributed by atoms with Gasteiger partial charge in [0.15, 0.2) is 0 Å². The Morgan fingerprint density at radius 2 is 0.750 bits per heavy atom. The molecule has 20 valence electrons. The molecule has 0 aromatic heterocycles. The fraction of sp³-hybridized carbons (Fsp3) is 0. The predicted octanol–water partition coefficient (Wildman–Crippen LogP) is 0.0124. The Labute approximate surface area is 61.7 Å². The van der Waals surface area contributed by atoms with Gasteiger partial charge in [0.25, 0.3) is 0 Å². The first-order valence-corrected chi connectivity index (χ1v) is 0.200. The predicted molar refractivity (Wildman–Crippen MR) is 5.26 cm³/mol. The molecule has 2 radical (unpaired) electrons. The van der Waals surface area contributed by atoms with Gasteiger partial charge in [0.05, 0.1) is 0 Å². The van der Waals surface area contributed by atoms with E-state index in [1.165, 1.54) is 0 Å². The van der Waals surface area contributed by atoms with Crippen LogP contribution in [0, 0.1) is 0 Å². The quantitative estimate of drug-likeness (QED) is 0.352. The Morgan fingerprint density at radius 3 is 0.750 bits per heavy atom. The second kappa shape index (κ2) is 22.7. The van der Waals surface area contributed by atoms with Gasteiger partial charge >= 0.3 is 0 Å². The minimum atomic E-state index is 0. The average molecular weight is 124 g/mol. The molecule has 0 spiro atoms. The molecule has 0 amide bonds. The van der Waals surface area contributed by atoms with E-state index in [1.54, 1.807) is 0 Å². The first-order chi connectivity index (χ1) is 1.00. The van der Waals surface area contributed by atoms with Crippen LogP contribution < -0.4 is 0 Å². The van der Waals surface area contributed by atoms with Crippen molar-refractivity contribution in [2.75, 3.05) is 0 Å². The number of hydrogen-bond acceptors (Lipinski definition) is 2. The van der Waals surface area contributed by atoms with Crippen molar-refractivity contribution >= 4 is 0 Å². The molecule has 2 nitrogen and oxygen atoms in total. The molecule has 0 aromatic rings. The maximum atomic E-state index is 6.00. The zero-order valence-electron chi connectivity index (χ0n) is 2.05. The van der Waals surface area contributed by atoms with E-state index < -0.39 is 0 Å². The van der Waals surface area contributed by atoms with Crippen molar-refractivity contribution < 1.29 is 62.2 Å². The molecule has 0 aromatic carbocycles. The Hall–Kier alpha value is 1.66. The van der Waals surface area contributed by atoms with E-state index in [-0.39, 0.29) is 51.7 Å². The molecule has 0 fully saturated rings. The molecule has 4 heteroatoms. The Kier molecular flexibility index (Phi) is 98.4. The van der Waals surface area contributed by atoms with Gasteiger partial charge in [0.1, 0.15) is 0 Å². The smallest absolute Gasteiger partial charge is 0 e. The largest absolute Gasteiger partial charge is 0.255 e. The molecule has 0 aliphatic carbocycles. The summed E-state index contributed by atoms with van der Waals surface area (Å²) in [6.07, 6.45) is 0. The molecule has 0 aliphatic heterocycles. The molecule has 0 bridgehead atoms. The van der Waals surface area contributed by atoms with Crippen molar-refractivity contribution in [2.24, 2.45) is 0 Å². The van der Waals surface area contributed by atoms with Crippen molar-refractivity contribution in [3.8, 4) is 0 Å². The van der Waals surface area contributed by atoms with Gasteiger partial charge < -0.3 is 0 Å². The number of hydrogen-bond donors (Lipinski definition) is 2. The van der Waals surface area contributed by atoms with E-state index in [2.05, 4.69) is 0 Å². The Morgan fingerprint density at radius 1 is 0.750 bits per heavy atom. The molecule has 2 N–H and O–H groups in total. The standard InChI is InChI=1S/H2O2.2Sc/c1-2;;/h1-2H;;. The zero-order valence-corrected chi connectivity index (χ0v) is 5.66. The van der Waals surface area contributed by atoms with E-state index in [1.807, 2.05) is 0 Å². The van der Waals surface area contributed by atoms with E-state index in [0.29, 0.717) is 0 Å². The van der Waals surface area contributed by atoms with E-state index in [9.17, 15) is 0 Å². The summed E-state index contributed by atoms with van der Waals surface area (Å²) in [6.45, 7) is 0. The summed E-state index contributed by atoms with van der Waals surface area (Å²) < 4.78 is 0. The summed E-state index contributed by atoms with van der Waals surface area (Å²) in [6, 6.07) is 0. The second-order valence-electron chi connectivity index (χ2n) is 0. The molecule has 0 saturated carbocycles. The fourth-order valence-electron chi connectivity index (χ4n) is 0. The van der Waals surface area contributed by atoms with Crippen LogP contribution in [0.2, 0.25) is 0 Å². The summed E-state index contributed by atoms with van der Waals surface area (Å²) in [5, 5.41) is 12.0. The SMILES string of the molecule is OO.[Sc].[Sc]. The summed E-state index contributed by atoms with van der Waals surface area (Å²) in [7, 11) is 0. The number of rotatable bonds is 0. The van der Waals surface area contributed by atoms with Crippen LogP contribution in [0.5, 0.6) is 0 Å². The van der Waals surface area contributed by atoms with Gasteiger partial charge in [-0.05, 0) is 0 Å². The van der Waals surface area contributed by atoms with Crippen molar-refractivity contribution in [2.45, 2.75) is 0 Å². The van der Waals surface area contributed by atoms with Gasteiger partial charge in [0, 0.05) is 51.7 Å². The third-order valence-electron chi connectivity index (χ3n) is 0. The van der Waals surface area contributed by atoms with E-state index in [4.69, 9.17) is 10.5 Å². The van der Waals surface area contributed by atoms with Crippen molar-refractivity contribution in [3.63, 3.8) is 0 Å². The van der Waals surface area contributed by atoms with Gasteiger partial charge in [-0.25, -0.2) is 0 Å². The molecular formula is H2O2Sc2. The van der Waals surface area contributed by atoms with Gasteiger partial charge in [-0.2, -0.15) is 0 Å². The van der Waals surface area contributed by atoms with Crippen LogP contribution >= 0.6 is 0 Å². The second-order valence-corrected chi connectivity index (χ2v) is 0. The molecular weight excluding hydrogens is 122 g/mol. The maximum absolute atomic E-state index is 6.00. The third-order valence-corrected chi connectivity index (χ3v) is 0. The van der Waals surface area contributed by atoms with E-state index in [0.717, 1.165) is 0 Å². The normalized spacial score (nSPS) is 1.50. The molecule has 0 unspecified atom stereocenters. The van der Waals surface area contributed by atoms with Crippen LogP contribution in [0.1, 0.15) is 0 Å². The van der Waals surface area contributed by atoms with E-state index >= 15 is 0 Å². The molecule has 0 atom stereocenters. The van der Waals surface area contributed by atoms with Crippen LogP contribution in [-0.4, -0.2) is 10.5 Å². The molecule has 0 aliphatic rings. The van der Waals surface area contributed by atoms with Crippen LogP contribution in [0.15, 0.2) is 0 Å².